The Bertz CT molecular complexity index is 861. The molecular weight excluding hydrogens is 420 g/mol. The third-order valence-corrected chi connectivity index (χ3v) is 5.21. The first-order chi connectivity index (χ1) is 15.9. The minimum atomic E-state index is -0.796. The van der Waals surface area contributed by atoms with Crippen molar-refractivity contribution >= 4 is 5.97 Å². The van der Waals surface area contributed by atoms with Crippen molar-refractivity contribution in [3.8, 4) is 0 Å². The van der Waals surface area contributed by atoms with E-state index in [1.807, 2.05) is 81.4 Å². The molecule has 1 heterocycles. The zero-order chi connectivity index (χ0) is 23.7. The summed E-state index contributed by atoms with van der Waals surface area (Å²) in [6, 6.07) is 19.7. The molecule has 3 rings (SSSR count). The molecule has 6 heteroatoms. The summed E-state index contributed by atoms with van der Waals surface area (Å²) < 4.78 is 30.2. The van der Waals surface area contributed by atoms with Crippen LogP contribution in [0, 0.1) is 5.41 Å². The van der Waals surface area contributed by atoms with E-state index in [9.17, 15) is 4.79 Å². The van der Waals surface area contributed by atoms with Gasteiger partial charge in [-0.25, -0.2) is 0 Å². The summed E-state index contributed by atoms with van der Waals surface area (Å²) in [4.78, 5) is 12.8. The molecule has 0 radical (unpaired) electrons. The average Bonchev–Trinajstić information content (AvgIpc) is 2.82. The van der Waals surface area contributed by atoms with Gasteiger partial charge in [0.05, 0.1) is 31.8 Å². The maximum absolute atomic E-state index is 12.8. The predicted molar refractivity (Wildman–Crippen MR) is 125 cm³/mol. The molecule has 0 bridgehead atoms. The molecule has 0 amide bonds. The SMILES string of the molecule is C=CCO[C@H]1OC[C@@H](OCc2ccccc2)[C@H](OCc2ccccc2)[C@H]1OC(=O)C(C)(C)C. The molecule has 0 unspecified atom stereocenters. The van der Waals surface area contributed by atoms with Gasteiger partial charge in [0.25, 0.3) is 0 Å². The van der Waals surface area contributed by atoms with Gasteiger partial charge in [0.15, 0.2) is 12.4 Å². The molecular formula is C27H34O6. The van der Waals surface area contributed by atoms with Gasteiger partial charge in [-0.15, -0.1) is 6.58 Å². The Labute approximate surface area is 196 Å². The molecule has 4 atom stereocenters. The third-order valence-electron chi connectivity index (χ3n) is 5.21. The van der Waals surface area contributed by atoms with Crippen LogP contribution < -0.4 is 0 Å². The van der Waals surface area contributed by atoms with Crippen LogP contribution in [-0.2, 0) is 41.7 Å². The smallest absolute Gasteiger partial charge is 0.311 e. The van der Waals surface area contributed by atoms with Crippen molar-refractivity contribution in [2.45, 2.75) is 58.6 Å². The van der Waals surface area contributed by atoms with E-state index in [-0.39, 0.29) is 19.2 Å². The fraction of sp³-hybridized carbons (Fsp3) is 0.444. The van der Waals surface area contributed by atoms with Gasteiger partial charge in [0, 0.05) is 0 Å². The Morgan fingerprint density at radius 1 is 0.939 bits per heavy atom. The van der Waals surface area contributed by atoms with E-state index in [0.717, 1.165) is 11.1 Å². The van der Waals surface area contributed by atoms with Crippen LogP contribution in [0.4, 0.5) is 0 Å². The molecule has 1 aliphatic rings. The lowest BCUT2D eigenvalue weighted by molar-refractivity contribution is -0.291. The van der Waals surface area contributed by atoms with Gasteiger partial charge in [0.1, 0.15) is 12.2 Å². The monoisotopic (exact) mass is 454 g/mol. The molecule has 1 fully saturated rings. The van der Waals surface area contributed by atoms with Gasteiger partial charge in [-0.1, -0.05) is 66.7 Å². The molecule has 0 N–H and O–H groups in total. The number of carbonyl (C=O) groups is 1. The number of carbonyl (C=O) groups excluding carboxylic acids is 1. The van der Waals surface area contributed by atoms with Crippen molar-refractivity contribution < 1.29 is 28.5 Å². The van der Waals surface area contributed by atoms with Crippen LogP contribution in [0.3, 0.4) is 0 Å². The summed E-state index contributed by atoms with van der Waals surface area (Å²) in [7, 11) is 0. The van der Waals surface area contributed by atoms with E-state index >= 15 is 0 Å². The van der Waals surface area contributed by atoms with Crippen molar-refractivity contribution in [3.05, 3.63) is 84.4 Å². The molecule has 0 aromatic heterocycles. The predicted octanol–water partition coefficient (Wildman–Crippen LogP) is 4.67. The largest absolute Gasteiger partial charge is 0.454 e. The lowest BCUT2D eigenvalue weighted by Crippen LogP contribution is -2.58. The van der Waals surface area contributed by atoms with Crippen molar-refractivity contribution in [1.82, 2.24) is 0 Å². The highest BCUT2D eigenvalue weighted by molar-refractivity contribution is 5.75. The van der Waals surface area contributed by atoms with Gasteiger partial charge >= 0.3 is 5.97 Å². The fourth-order valence-electron chi connectivity index (χ4n) is 3.36. The van der Waals surface area contributed by atoms with Crippen molar-refractivity contribution in [2.75, 3.05) is 13.2 Å². The number of esters is 1. The molecule has 178 valence electrons. The van der Waals surface area contributed by atoms with Crippen molar-refractivity contribution in [1.29, 1.82) is 0 Å². The second-order valence-corrected chi connectivity index (χ2v) is 9.04. The van der Waals surface area contributed by atoms with E-state index in [1.54, 1.807) is 6.08 Å². The van der Waals surface area contributed by atoms with Gasteiger partial charge in [-0.2, -0.15) is 0 Å². The number of hydrogen-bond donors (Lipinski definition) is 0. The number of benzene rings is 2. The zero-order valence-electron chi connectivity index (χ0n) is 19.6. The van der Waals surface area contributed by atoms with Crippen molar-refractivity contribution in [2.24, 2.45) is 5.41 Å². The highest BCUT2D eigenvalue weighted by atomic mass is 16.7. The zero-order valence-corrected chi connectivity index (χ0v) is 19.6. The number of ether oxygens (including phenoxy) is 5. The highest BCUT2D eigenvalue weighted by Crippen LogP contribution is 2.29. The Hall–Kier alpha value is -2.51. The van der Waals surface area contributed by atoms with Crippen LogP contribution in [0.5, 0.6) is 0 Å². The van der Waals surface area contributed by atoms with Crippen molar-refractivity contribution in [3.63, 3.8) is 0 Å². The fourth-order valence-corrected chi connectivity index (χ4v) is 3.36. The first kappa shape index (κ1) is 25.1. The topological polar surface area (TPSA) is 63.2 Å². The minimum Gasteiger partial charge on any atom is -0.454 e. The van der Waals surface area contributed by atoms with E-state index in [0.29, 0.717) is 13.2 Å². The second-order valence-electron chi connectivity index (χ2n) is 9.04. The third kappa shape index (κ3) is 7.51. The molecule has 1 aliphatic heterocycles. The number of hydrogen-bond acceptors (Lipinski definition) is 6. The molecule has 0 saturated carbocycles. The summed E-state index contributed by atoms with van der Waals surface area (Å²) in [5.74, 6) is -0.361. The molecule has 2 aromatic carbocycles. The lowest BCUT2D eigenvalue weighted by Gasteiger charge is -2.42. The lowest BCUT2D eigenvalue weighted by atomic mass is 9.96. The molecule has 0 spiro atoms. The second kappa shape index (κ2) is 12.1. The summed E-state index contributed by atoms with van der Waals surface area (Å²) in [5, 5.41) is 0. The van der Waals surface area contributed by atoms with Crippen LogP contribution >= 0.6 is 0 Å². The molecule has 33 heavy (non-hydrogen) atoms. The van der Waals surface area contributed by atoms with Crippen LogP contribution in [0.15, 0.2) is 73.3 Å². The van der Waals surface area contributed by atoms with Gasteiger partial charge in [0.2, 0.25) is 0 Å². The van der Waals surface area contributed by atoms with Gasteiger partial charge in [-0.05, 0) is 31.9 Å². The Morgan fingerprint density at radius 2 is 1.52 bits per heavy atom. The summed E-state index contributed by atoms with van der Waals surface area (Å²) in [6.07, 6.45) is -0.982. The summed E-state index contributed by atoms with van der Waals surface area (Å²) in [6.45, 7) is 10.4. The van der Waals surface area contributed by atoms with E-state index < -0.39 is 30.0 Å². The molecule has 0 aliphatic carbocycles. The first-order valence-electron chi connectivity index (χ1n) is 11.2. The Balaban J connectivity index is 1.82. The summed E-state index contributed by atoms with van der Waals surface area (Å²) in [5.41, 5.74) is 1.35. The van der Waals surface area contributed by atoms with E-state index in [4.69, 9.17) is 23.7 Å². The van der Waals surface area contributed by atoms with E-state index in [1.165, 1.54) is 0 Å². The quantitative estimate of drug-likeness (QED) is 0.384. The number of rotatable bonds is 10. The molecule has 2 aromatic rings. The molecule has 1 saturated heterocycles. The maximum Gasteiger partial charge on any atom is 0.311 e. The maximum atomic E-state index is 12.8. The normalized spacial score (nSPS) is 23.1. The van der Waals surface area contributed by atoms with Crippen LogP contribution in [0.25, 0.3) is 0 Å². The minimum absolute atomic E-state index is 0.248. The van der Waals surface area contributed by atoms with E-state index in [2.05, 4.69) is 6.58 Å². The molecule has 6 nitrogen and oxygen atoms in total. The Morgan fingerprint density at radius 3 is 2.06 bits per heavy atom. The Kier molecular flexibility index (Phi) is 9.21. The highest BCUT2D eigenvalue weighted by Gasteiger charge is 2.46. The van der Waals surface area contributed by atoms with Crippen LogP contribution in [0.2, 0.25) is 0 Å². The van der Waals surface area contributed by atoms with Crippen LogP contribution in [-0.4, -0.2) is 43.8 Å². The van der Waals surface area contributed by atoms with Gasteiger partial charge < -0.3 is 23.7 Å². The first-order valence-corrected chi connectivity index (χ1v) is 11.2. The summed E-state index contributed by atoms with van der Waals surface area (Å²) >= 11 is 0. The van der Waals surface area contributed by atoms with Gasteiger partial charge in [-0.3, -0.25) is 4.79 Å². The average molecular weight is 455 g/mol. The standard InChI is InChI=1S/C27H34O6/c1-5-16-29-25-24(33-26(28)27(2,3)4)23(31-18-21-14-10-7-11-15-21)22(19-32-25)30-17-20-12-8-6-9-13-20/h5-15,22-25H,1,16-19H2,2-4H3/t22-,23+,24-,25+/m1/s1. The van der Waals surface area contributed by atoms with Crippen LogP contribution in [0.1, 0.15) is 31.9 Å².